The molecule has 0 radical (unpaired) electrons. The van der Waals surface area contributed by atoms with Crippen LogP contribution in [0.25, 0.3) is 0 Å². The average molecular weight is 241 g/mol. The Bertz CT molecular complexity index is 344. The van der Waals surface area contributed by atoms with Crippen molar-refractivity contribution in [3.8, 4) is 0 Å². The quantitative estimate of drug-likeness (QED) is 0.851. The Kier molecular flexibility index (Phi) is 4.65. The van der Waals surface area contributed by atoms with Gasteiger partial charge in [-0.3, -0.25) is 4.90 Å². The number of aliphatic hydroxyl groups is 1. The summed E-state index contributed by atoms with van der Waals surface area (Å²) in [5.74, 6) is 1.17. The lowest BCUT2D eigenvalue weighted by Crippen LogP contribution is -2.44. The summed E-state index contributed by atoms with van der Waals surface area (Å²) in [6, 6.07) is 0. The molecular formula is C12H23N3O2. The second kappa shape index (κ2) is 5.60. The molecule has 0 spiro atoms. The standard InChI is InChI=1S/C12H23N3O2/c1-6-10(16)7-15(12(3,4)5)8-11-14-13-9(2)17-11/h10,16H,6-8H2,1-5H3. The fraction of sp³-hybridized carbons (Fsp3) is 0.833. The molecule has 98 valence electrons. The van der Waals surface area contributed by atoms with Crippen LogP contribution in [-0.4, -0.2) is 38.4 Å². The summed E-state index contributed by atoms with van der Waals surface area (Å²) >= 11 is 0. The molecule has 0 aromatic carbocycles. The van der Waals surface area contributed by atoms with Crippen LogP contribution in [0.4, 0.5) is 0 Å². The molecule has 0 saturated carbocycles. The minimum atomic E-state index is -0.321. The topological polar surface area (TPSA) is 62.4 Å². The smallest absolute Gasteiger partial charge is 0.230 e. The molecule has 1 aromatic heterocycles. The molecule has 1 heterocycles. The van der Waals surface area contributed by atoms with Gasteiger partial charge in [0.05, 0.1) is 12.6 Å². The van der Waals surface area contributed by atoms with E-state index in [-0.39, 0.29) is 11.6 Å². The van der Waals surface area contributed by atoms with Gasteiger partial charge in [0.25, 0.3) is 0 Å². The largest absolute Gasteiger partial charge is 0.424 e. The Hall–Kier alpha value is -0.940. The number of nitrogens with zero attached hydrogens (tertiary/aromatic N) is 3. The van der Waals surface area contributed by atoms with Gasteiger partial charge in [-0.15, -0.1) is 10.2 Å². The number of aromatic nitrogens is 2. The zero-order valence-electron chi connectivity index (χ0n) is 11.4. The van der Waals surface area contributed by atoms with Gasteiger partial charge in [-0.2, -0.15) is 0 Å². The minimum Gasteiger partial charge on any atom is -0.424 e. The maximum Gasteiger partial charge on any atom is 0.230 e. The van der Waals surface area contributed by atoms with Crippen LogP contribution in [0.1, 0.15) is 45.9 Å². The first-order valence-corrected chi connectivity index (χ1v) is 6.05. The lowest BCUT2D eigenvalue weighted by molar-refractivity contribution is 0.0450. The molecule has 1 aromatic rings. The van der Waals surface area contributed by atoms with E-state index in [1.54, 1.807) is 6.92 Å². The predicted octanol–water partition coefficient (Wildman–Crippen LogP) is 1.75. The van der Waals surface area contributed by atoms with E-state index in [2.05, 4.69) is 35.9 Å². The Morgan fingerprint density at radius 2 is 2.00 bits per heavy atom. The molecule has 0 aliphatic heterocycles. The molecule has 0 fully saturated rings. The van der Waals surface area contributed by atoms with Crippen LogP contribution < -0.4 is 0 Å². The Balaban J connectivity index is 2.70. The predicted molar refractivity (Wildman–Crippen MR) is 65.5 cm³/mol. The van der Waals surface area contributed by atoms with Gasteiger partial charge in [0.15, 0.2) is 0 Å². The summed E-state index contributed by atoms with van der Waals surface area (Å²) in [5.41, 5.74) is -0.0431. The molecule has 5 nitrogen and oxygen atoms in total. The van der Waals surface area contributed by atoms with Crippen LogP contribution in [0.5, 0.6) is 0 Å². The van der Waals surface area contributed by atoms with E-state index in [1.165, 1.54) is 0 Å². The monoisotopic (exact) mass is 241 g/mol. The van der Waals surface area contributed by atoms with Crippen LogP contribution >= 0.6 is 0 Å². The van der Waals surface area contributed by atoms with Crippen molar-refractivity contribution in [2.24, 2.45) is 0 Å². The van der Waals surface area contributed by atoms with Gasteiger partial charge in [-0.05, 0) is 27.2 Å². The molecular weight excluding hydrogens is 218 g/mol. The first-order chi connectivity index (χ1) is 7.82. The zero-order valence-corrected chi connectivity index (χ0v) is 11.4. The fourth-order valence-electron chi connectivity index (χ4n) is 1.52. The van der Waals surface area contributed by atoms with Crippen LogP contribution in [0.3, 0.4) is 0 Å². The highest BCUT2D eigenvalue weighted by atomic mass is 16.4. The van der Waals surface area contributed by atoms with Crippen molar-refractivity contribution in [1.82, 2.24) is 15.1 Å². The maximum atomic E-state index is 9.77. The van der Waals surface area contributed by atoms with E-state index in [0.717, 1.165) is 6.42 Å². The summed E-state index contributed by atoms with van der Waals surface area (Å²) < 4.78 is 5.38. The van der Waals surface area contributed by atoms with Crippen molar-refractivity contribution in [1.29, 1.82) is 0 Å². The molecule has 0 saturated heterocycles. The first kappa shape index (κ1) is 14.1. The number of rotatable bonds is 5. The van der Waals surface area contributed by atoms with Crippen LogP contribution in [0.15, 0.2) is 4.42 Å². The number of β-amino-alcohol motifs (C(OH)–C–C–N with tert-alkyl or cyclic N) is 1. The van der Waals surface area contributed by atoms with Crippen LogP contribution in [0, 0.1) is 6.92 Å². The highest BCUT2D eigenvalue weighted by Gasteiger charge is 2.25. The summed E-state index contributed by atoms with van der Waals surface area (Å²) in [5, 5.41) is 17.6. The highest BCUT2D eigenvalue weighted by Crippen LogP contribution is 2.17. The van der Waals surface area contributed by atoms with Crippen molar-refractivity contribution in [3.63, 3.8) is 0 Å². The van der Waals surface area contributed by atoms with Crippen molar-refractivity contribution < 1.29 is 9.52 Å². The zero-order chi connectivity index (χ0) is 13.1. The summed E-state index contributed by atoms with van der Waals surface area (Å²) in [6.07, 6.45) is 0.424. The van der Waals surface area contributed by atoms with Crippen LogP contribution in [0.2, 0.25) is 0 Å². The molecule has 1 atom stereocenters. The number of aliphatic hydroxyl groups excluding tert-OH is 1. The normalized spacial score (nSPS) is 14.3. The van der Waals surface area contributed by atoms with E-state index in [4.69, 9.17) is 4.42 Å². The first-order valence-electron chi connectivity index (χ1n) is 6.05. The van der Waals surface area contributed by atoms with Crippen molar-refractivity contribution in [2.45, 2.75) is 59.2 Å². The van der Waals surface area contributed by atoms with Gasteiger partial charge >= 0.3 is 0 Å². The number of hydrogen-bond donors (Lipinski definition) is 1. The molecule has 1 unspecified atom stereocenters. The van der Waals surface area contributed by atoms with Crippen molar-refractivity contribution >= 4 is 0 Å². The second-order valence-corrected chi connectivity index (χ2v) is 5.33. The molecule has 1 rings (SSSR count). The van der Waals surface area contributed by atoms with Crippen molar-refractivity contribution in [3.05, 3.63) is 11.8 Å². The Morgan fingerprint density at radius 1 is 1.35 bits per heavy atom. The van der Waals surface area contributed by atoms with Gasteiger partial charge in [-0.1, -0.05) is 6.92 Å². The van der Waals surface area contributed by atoms with E-state index in [1.807, 2.05) is 6.92 Å². The molecule has 5 heteroatoms. The fourth-order valence-corrected chi connectivity index (χ4v) is 1.52. The molecule has 0 aliphatic rings. The lowest BCUT2D eigenvalue weighted by Gasteiger charge is -2.35. The maximum absolute atomic E-state index is 9.77. The van der Waals surface area contributed by atoms with Crippen molar-refractivity contribution in [2.75, 3.05) is 6.54 Å². The average Bonchev–Trinajstić information content (AvgIpc) is 2.61. The molecule has 0 amide bonds. The van der Waals surface area contributed by atoms with Gasteiger partial charge in [0.1, 0.15) is 0 Å². The molecule has 17 heavy (non-hydrogen) atoms. The second-order valence-electron chi connectivity index (χ2n) is 5.33. The third-order valence-electron chi connectivity index (χ3n) is 2.75. The van der Waals surface area contributed by atoms with Crippen LogP contribution in [-0.2, 0) is 6.54 Å². The Labute approximate surface area is 103 Å². The lowest BCUT2D eigenvalue weighted by atomic mass is 10.0. The van der Waals surface area contributed by atoms with E-state index < -0.39 is 0 Å². The van der Waals surface area contributed by atoms with Gasteiger partial charge in [-0.25, -0.2) is 0 Å². The molecule has 0 aliphatic carbocycles. The number of hydrogen-bond acceptors (Lipinski definition) is 5. The SMILES string of the molecule is CCC(O)CN(Cc1nnc(C)o1)C(C)(C)C. The molecule has 1 N–H and O–H groups in total. The van der Waals surface area contributed by atoms with E-state index in [9.17, 15) is 5.11 Å². The summed E-state index contributed by atoms with van der Waals surface area (Å²) in [7, 11) is 0. The third kappa shape index (κ3) is 4.44. The minimum absolute atomic E-state index is 0.0431. The van der Waals surface area contributed by atoms with Gasteiger partial charge in [0.2, 0.25) is 11.8 Å². The highest BCUT2D eigenvalue weighted by molar-refractivity contribution is 4.85. The van der Waals surface area contributed by atoms with Gasteiger partial charge in [0, 0.05) is 19.0 Å². The Morgan fingerprint density at radius 3 is 2.41 bits per heavy atom. The molecule has 0 bridgehead atoms. The number of aryl methyl sites for hydroxylation is 1. The van der Waals surface area contributed by atoms with E-state index >= 15 is 0 Å². The summed E-state index contributed by atoms with van der Waals surface area (Å²) in [4.78, 5) is 2.15. The third-order valence-corrected chi connectivity index (χ3v) is 2.75. The van der Waals surface area contributed by atoms with Gasteiger partial charge < -0.3 is 9.52 Å². The summed E-state index contributed by atoms with van der Waals surface area (Å²) in [6.45, 7) is 11.3. The van der Waals surface area contributed by atoms with E-state index in [0.29, 0.717) is 24.9 Å².